The lowest BCUT2D eigenvalue weighted by molar-refractivity contribution is 0.0772. The lowest BCUT2D eigenvalue weighted by Crippen LogP contribution is -2.30. The van der Waals surface area contributed by atoms with Gasteiger partial charge >= 0.3 is 0 Å². The number of carbonyl (C=O) groups is 1. The summed E-state index contributed by atoms with van der Waals surface area (Å²) in [7, 11) is 0. The summed E-state index contributed by atoms with van der Waals surface area (Å²) in [4.78, 5) is 18.7. The van der Waals surface area contributed by atoms with Gasteiger partial charge in [-0.3, -0.25) is 4.79 Å². The SMILES string of the molecule is CCN(CC)C(=O)c1cccc(OCc2cn3ccccc3n2)c1. The molecule has 0 N–H and O–H groups in total. The molecule has 0 aliphatic rings. The quantitative estimate of drug-likeness (QED) is 0.698. The molecule has 124 valence electrons. The molecule has 0 bridgehead atoms. The second kappa shape index (κ2) is 7.17. The number of fused-ring (bicyclic) bond motifs is 1. The lowest BCUT2D eigenvalue weighted by Gasteiger charge is -2.18. The van der Waals surface area contributed by atoms with Crippen molar-refractivity contribution >= 4 is 11.6 Å². The largest absolute Gasteiger partial charge is 0.487 e. The van der Waals surface area contributed by atoms with Gasteiger partial charge in [-0.05, 0) is 44.2 Å². The Labute approximate surface area is 141 Å². The molecule has 5 heteroatoms. The van der Waals surface area contributed by atoms with Gasteiger partial charge < -0.3 is 14.0 Å². The Morgan fingerprint density at radius 2 is 2.00 bits per heavy atom. The number of hydrogen-bond donors (Lipinski definition) is 0. The minimum atomic E-state index is 0.0261. The van der Waals surface area contributed by atoms with Crippen LogP contribution in [-0.2, 0) is 6.61 Å². The fraction of sp³-hybridized carbons (Fsp3) is 0.263. The molecule has 0 atom stereocenters. The fourth-order valence-corrected chi connectivity index (χ4v) is 2.63. The van der Waals surface area contributed by atoms with Crippen LogP contribution in [0.3, 0.4) is 0 Å². The standard InChI is InChI=1S/C19H21N3O2/c1-3-21(4-2)19(23)15-8-7-9-17(12-15)24-14-16-13-22-11-6-5-10-18(22)20-16/h5-13H,3-4,14H2,1-2H3. The predicted octanol–water partition coefficient (Wildman–Crippen LogP) is 3.40. The number of carbonyl (C=O) groups excluding carboxylic acids is 1. The van der Waals surface area contributed by atoms with E-state index in [0.717, 1.165) is 11.3 Å². The molecule has 1 amide bonds. The average molecular weight is 323 g/mol. The van der Waals surface area contributed by atoms with Crippen LogP contribution >= 0.6 is 0 Å². The number of imidazole rings is 1. The first-order valence-corrected chi connectivity index (χ1v) is 8.16. The van der Waals surface area contributed by atoms with E-state index in [1.807, 2.05) is 67.0 Å². The zero-order valence-electron chi connectivity index (χ0n) is 14.0. The zero-order valence-corrected chi connectivity index (χ0v) is 14.0. The monoisotopic (exact) mass is 323 g/mol. The molecule has 0 aliphatic carbocycles. The van der Waals surface area contributed by atoms with Gasteiger partial charge in [0.05, 0.1) is 5.69 Å². The number of amides is 1. The Hall–Kier alpha value is -2.82. The first-order chi connectivity index (χ1) is 11.7. The van der Waals surface area contributed by atoms with Crippen molar-refractivity contribution in [2.75, 3.05) is 13.1 Å². The van der Waals surface area contributed by atoms with Gasteiger partial charge in [-0.25, -0.2) is 4.98 Å². The molecule has 0 saturated carbocycles. The summed E-state index contributed by atoms with van der Waals surface area (Å²) in [6.07, 6.45) is 3.90. The Bertz CT molecular complexity index is 804. The third-order valence-electron chi connectivity index (χ3n) is 3.93. The molecule has 2 heterocycles. The van der Waals surface area contributed by atoms with Gasteiger partial charge in [0.1, 0.15) is 18.0 Å². The van der Waals surface area contributed by atoms with Gasteiger partial charge in [-0.1, -0.05) is 12.1 Å². The summed E-state index contributed by atoms with van der Waals surface area (Å²) >= 11 is 0. The summed E-state index contributed by atoms with van der Waals surface area (Å²) in [6.45, 7) is 5.71. The molecule has 5 nitrogen and oxygen atoms in total. The van der Waals surface area contributed by atoms with Crippen molar-refractivity contribution in [2.45, 2.75) is 20.5 Å². The van der Waals surface area contributed by atoms with Crippen LogP contribution < -0.4 is 4.74 Å². The van der Waals surface area contributed by atoms with Crippen molar-refractivity contribution < 1.29 is 9.53 Å². The van der Waals surface area contributed by atoms with Gasteiger partial charge in [0.2, 0.25) is 0 Å². The van der Waals surface area contributed by atoms with Crippen molar-refractivity contribution in [3.8, 4) is 5.75 Å². The summed E-state index contributed by atoms with van der Waals surface area (Å²) in [5.74, 6) is 0.697. The average Bonchev–Trinajstić information content (AvgIpc) is 3.04. The van der Waals surface area contributed by atoms with Gasteiger partial charge in [0.25, 0.3) is 5.91 Å². The molecule has 0 radical (unpaired) electrons. The smallest absolute Gasteiger partial charge is 0.253 e. The molecule has 24 heavy (non-hydrogen) atoms. The highest BCUT2D eigenvalue weighted by Crippen LogP contribution is 2.17. The summed E-state index contributed by atoms with van der Waals surface area (Å²) < 4.78 is 7.77. The minimum absolute atomic E-state index is 0.0261. The van der Waals surface area contributed by atoms with Crippen LogP contribution in [0, 0.1) is 0 Å². The van der Waals surface area contributed by atoms with Gasteiger partial charge in [0, 0.05) is 31.0 Å². The highest BCUT2D eigenvalue weighted by atomic mass is 16.5. The Kier molecular flexibility index (Phi) is 4.79. The van der Waals surface area contributed by atoms with E-state index in [2.05, 4.69) is 4.98 Å². The first-order valence-electron chi connectivity index (χ1n) is 8.16. The van der Waals surface area contributed by atoms with Crippen LogP contribution in [0.4, 0.5) is 0 Å². The second-order valence-electron chi connectivity index (χ2n) is 5.49. The van der Waals surface area contributed by atoms with Gasteiger partial charge in [0.15, 0.2) is 0 Å². The van der Waals surface area contributed by atoms with Crippen LogP contribution in [0.5, 0.6) is 5.75 Å². The zero-order chi connectivity index (χ0) is 16.9. The van der Waals surface area contributed by atoms with Crippen molar-refractivity contribution in [3.05, 3.63) is 66.1 Å². The molecule has 0 fully saturated rings. The number of aromatic nitrogens is 2. The van der Waals surface area contributed by atoms with E-state index < -0.39 is 0 Å². The van der Waals surface area contributed by atoms with E-state index in [1.54, 1.807) is 11.0 Å². The highest BCUT2D eigenvalue weighted by molar-refractivity contribution is 5.94. The molecule has 3 rings (SSSR count). The maximum atomic E-state index is 12.4. The predicted molar refractivity (Wildman–Crippen MR) is 93.2 cm³/mol. The molecule has 0 unspecified atom stereocenters. The van der Waals surface area contributed by atoms with E-state index in [9.17, 15) is 4.79 Å². The van der Waals surface area contributed by atoms with Crippen molar-refractivity contribution in [2.24, 2.45) is 0 Å². The van der Waals surface area contributed by atoms with Crippen LogP contribution in [0.15, 0.2) is 54.9 Å². The molecule has 2 aromatic heterocycles. The Morgan fingerprint density at radius 3 is 2.75 bits per heavy atom. The third-order valence-corrected chi connectivity index (χ3v) is 3.93. The van der Waals surface area contributed by atoms with Crippen molar-refractivity contribution in [1.82, 2.24) is 14.3 Å². The fourth-order valence-electron chi connectivity index (χ4n) is 2.63. The lowest BCUT2D eigenvalue weighted by atomic mass is 10.2. The molecular formula is C19H21N3O2. The third kappa shape index (κ3) is 3.40. The number of ether oxygens (including phenoxy) is 1. The number of hydrogen-bond acceptors (Lipinski definition) is 3. The summed E-state index contributed by atoms with van der Waals surface area (Å²) in [6, 6.07) is 13.2. The van der Waals surface area contributed by atoms with Crippen LogP contribution in [-0.4, -0.2) is 33.3 Å². The number of nitrogens with zero attached hydrogens (tertiary/aromatic N) is 3. The molecule has 0 saturated heterocycles. The van der Waals surface area contributed by atoms with Crippen LogP contribution in [0.2, 0.25) is 0 Å². The Balaban J connectivity index is 1.71. The first kappa shape index (κ1) is 16.1. The minimum Gasteiger partial charge on any atom is -0.487 e. The van der Waals surface area contributed by atoms with Crippen LogP contribution in [0.25, 0.3) is 5.65 Å². The van der Waals surface area contributed by atoms with E-state index in [1.165, 1.54) is 0 Å². The molecule has 1 aromatic carbocycles. The van der Waals surface area contributed by atoms with E-state index in [0.29, 0.717) is 31.0 Å². The normalized spacial score (nSPS) is 10.8. The maximum absolute atomic E-state index is 12.4. The maximum Gasteiger partial charge on any atom is 0.253 e. The Morgan fingerprint density at radius 1 is 1.17 bits per heavy atom. The van der Waals surface area contributed by atoms with Crippen LogP contribution in [0.1, 0.15) is 29.9 Å². The van der Waals surface area contributed by atoms with Crippen molar-refractivity contribution in [3.63, 3.8) is 0 Å². The van der Waals surface area contributed by atoms with E-state index in [4.69, 9.17) is 4.74 Å². The number of rotatable bonds is 6. The van der Waals surface area contributed by atoms with Gasteiger partial charge in [-0.15, -0.1) is 0 Å². The highest BCUT2D eigenvalue weighted by Gasteiger charge is 2.13. The van der Waals surface area contributed by atoms with E-state index in [-0.39, 0.29) is 5.91 Å². The van der Waals surface area contributed by atoms with E-state index >= 15 is 0 Å². The van der Waals surface area contributed by atoms with Gasteiger partial charge in [-0.2, -0.15) is 0 Å². The molecule has 0 aliphatic heterocycles. The topological polar surface area (TPSA) is 46.8 Å². The number of benzene rings is 1. The van der Waals surface area contributed by atoms with Crippen molar-refractivity contribution in [1.29, 1.82) is 0 Å². The molecule has 0 spiro atoms. The molecule has 3 aromatic rings. The second-order valence-corrected chi connectivity index (χ2v) is 5.49. The summed E-state index contributed by atoms with van der Waals surface area (Å²) in [5, 5.41) is 0. The molecular weight excluding hydrogens is 302 g/mol. The summed E-state index contributed by atoms with van der Waals surface area (Å²) in [5.41, 5.74) is 2.38. The number of pyridine rings is 1.